The van der Waals surface area contributed by atoms with Gasteiger partial charge in [-0.1, -0.05) is 0 Å². The van der Waals surface area contributed by atoms with Gasteiger partial charge in [-0.3, -0.25) is 4.79 Å². The third-order valence-electron chi connectivity index (χ3n) is 1.93. The lowest BCUT2D eigenvalue weighted by atomic mass is 10.2. The minimum atomic E-state index is -0.109. The van der Waals surface area contributed by atoms with Crippen molar-refractivity contribution in [2.75, 3.05) is 6.54 Å². The van der Waals surface area contributed by atoms with Crippen LogP contribution in [0.2, 0.25) is 0 Å². The van der Waals surface area contributed by atoms with Crippen LogP contribution in [0.15, 0.2) is 16.9 Å². The molecular weight excluding hydrogens is 166 g/mol. The predicted octanol–water partition coefficient (Wildman–Crippen LogP) is -0.0129. The Balaban J connectivity index is 3.32. The molecule has 0 aliphatic rings. The summed E-state index contributed by atoms with van der Waals surface area (Å²) < 4.78 is 1.51. The number of pyridine rings is 1. The Hall–Kier alpha value is -1.60. The van der Waals surface area contributed by atoms with Gasteiger partial charge in [0.25, 0.3) is 5.56 Å². The molecule has 0 spiro atoms. The summed E-state index contributed by atoms with van der Waals surface area (Å²) in [6.07, 6.45) is 0. The molecule has 2 N–H and O–H groups in total. The van der Waals surface area contributed by atoms with Crippen LogP contribution >= 0.6 is 0 Å². The van der Waals surface area contributed by atoms with Crippen LogP contribution in [-0.2, 0) is 6.54 Å². The molecule has 0 saturated heterocycles. The lowest BCUT2D eigenvalue weighted by Gasteiger charge is -2.08. The Morgan fingerprint density at radius 3 is 2.85 bits per heavy atom. The lowest BCUT2D eigenvalue weighted by molar-refractivity contribution is 0.658. The van der Waals surface area contributed by atoms with Crippen LogP contribution in [0.3, 0.4) is 0 Å². The number of rotatable bonds is 2. The molecule has 68 valence electrons. The maximum atomic E-state index is 11.3. The van der Waals surface area contributed by atoms with E-state index in [0.29, 0.717) is 24.3 Å². The first-order valence-corrected chi connectivity index (χ1v) is 4.01. The summed E-state index contributed by atoms with van der Waals surface area (Å²) in [5.74, 6) is 0. The molecule has 1 heterocycles. The molecule has 0 aromatic carbocycles. The van der Waals surface area contributed by atoms with Crippen molar-refractivity contribution < 1.29 is 0 Å². The second-order valence-corrected chi connectivity index (χ2v) is 2.72. The topological polar surface area (TPSA) is 71.8 Å². The average Bonchev–Trinajstić information content (AvgIpc) is 2.12. The van der Waals surface area contributed by atoms with Crippen molar-refractivity contribution in [3.63, 3.8) is 0 Å². The molecule has 0 aliphatic heterocycles. The second-order valence-electron chi connectivity index (χ2n) is 2.72. The smallest absolute Gasteiger partial charge is 0.250 e. The maximum absolute atomic E-state index is 11.3. The van der Waals surface area contributed by atoms with Crippen molar-refractivity contribution in [3.8, 4) is 6.07 Å². The van der Waals surface area contributed by atoms with E-state index in [1.54, 1.807) is 6.92 Å². The Kier molecular flexibility index (Phi) is 2.83. The van der Waals surface area contributed by atoms with E-state index in [1.165, 1.54) is 16.7 Å². The molecule has 1 aromatic heterocycles. The predicted molar refractivity (Wildman–Crippen MR) is 49.2 cm³/mol. The zero-order valence-corrected chi connectivity index (χ0v) is 7.45. The van der Waals surface area contributed by atoms with E-state index in [2.05, 4.69) is 0 Å². The van der Waals surface area contributed by atoms with Gasteiger partial charge in [-0.25, -0.2) is 0 Å². The molecule has 0 aliphatic carbocycles. The van der Waals surface area contributed by atoms with E-state index < -0.39 is 0 Å². The summed E-state index contributed by atoms with van der Waals surface area (Å²) in [4.78, 5) is 11.3. The molecule has 0 saturated carbocycles. The van der Waals surface area contributed by atoms with Crippen molar-refractivity contribution >= 4 is 0 Å². The molecule has 4 heteroatoms. The highest BCUT2D eigenvalue weighted by molar-refractivity contribution is 5.32. The minimum Gasteiger partial charge on any atom is -0.329 e. The first-order chi connectivity index (χ1) is 6.20. The number of aromatic nitrogens is 1. The van der Waals surface area contributed by atoms with Gasteiger partial charge in [0.15, 0.2) is 0 Å². The fraction of sp³-hybridized carbons (Fsp3) is 0.333. The first-order valence-electron chi connectivity index (χ1n) is 4.01. The fourth-order valence-corrected chi connectivity index (χ4v) is 1.20. The van der Waals surface area contributed by atoms with E-state index >= 15 is 0 Å². The van der Waals surface area contributed by atoms with Crippen LogP contribution in [-0.4, -0.2) is 11.1 Å². The van der Waals surface area contributed by atoms with Gasteiger partial charge < -0.3 is 10.3 Å². The van der Waals surface area contributed by atoms with E-state index in [4.69, 9.17) is 11.0 Å². The van der Waals surface area contributed by atoms with Gasteiger partial charge in [-0.2, -0.15) is 5.26 Å². The first kappa shape index (κ1) is 9.49. The van der Waals surface area contributed by atoms with Gasteiger partial charge >= 0.3 is 0 Å². The highest BCUT2D eigenvalue weighted by Crippen LogP contribution is 2.02. The van der Waals surface area contributed by atoms with Crippen molar-refractivity contribution in [3.05, 3.63) is 33.7 Å². The monoisotopic (exact) mass is 177 g/mol. The van der Waals surface area contributed by atoms with Gasteiger partial charge in [0.05, 0.1) is 5.56 Å². The third kappa shape index (κ3) is 1.76. The number of hydrogen-bond acceptors (Lipinski definition) is 3. The second kappa shape index (κ2) is 3.87. The minimum absolute atomic E-state index is 0.109. The lowest BCUT2D eigenvalue weighted by Crippen LogP contribution is -2.25. The quantitative estimate of drug-likeness (QED) is 0.690. The summed E-state index contributed by atoms with van der Waals surface area (Å²) in [7, 11) is 0. The molecule has 0 bridgehead atoms. The van der Waals surface area contributed by atoms with Crippen LogP contribution < -0.4 is 11.3 Å². The van der Waals surface area contributed by atoms with Gasteiger partial charge in [0.2, 0.25) is 0 Å². The summed E-state index contributed by atoms with van der Waals surface area (Å²) in [5, 5.41) is 8.71. The SMILES string of the molecule is Cc1c(C#N)ccc(=O)n1CCN. The van der Waals surface area contributed by atoms with Crippen LogP contribution in [0.1, 0.15) is 11.3 Å². The fourth-order valence-electron chi connectivity index (χ4n) is 1.20. The van der Waals surface area contributed by atoms with E-state index in [1.807, 2.05) is 6.07 Å². The van der Waals surface area contributed by atoms with Crippen molar-refractivity contribution in [2.45, 2.75) is 13.5 Å². The van der Waals surface area contributed by atoms with E-state index in [9.17, 15) is 4.79 Å². The van der Waals surface area contributed by atoms with Gasteiger partial charge in [-0.05, 0) is 13.0 Å². The van der Waals surface area contributed by atoms with Gasteiger partial charge in [-0.15, -0.1) is 0 Å². The summed E-state index contributed by atoms with van der Waals surface area (Å²) in [6.45, 7) is 2.60. The molecule has 0 unspecified atom stereocenters. The molecule has 0 radical (unpaired) electrons. The third-order valence-corrected chi connectivity index (χ3v) is 1.93. The molecule has 0 amide bonds. The summed E-state index contributed by atoms with van der Waals surface area (Å²) in [5.41, 5.74) is 6.44. The molecular formula is C9H11N3O. The summed E-state index contributed by atoms with van der Waals surface area (Å²) in [6, 6.07) is 4.94. The Morgan fingerprint density at radius 1 is 1.62 bits per heavy atom. The zero-order chi connectivity index (χ0) is 9.84. The highest BCUT2D eigenvalue weighted by Gasteiger charge is 2.03. The number of hydrogen-bond donors (Lipinski definition) is 1. The van der Waals surface area contributed by atoms with Crippen molar-refractivity contribution in [1.82, 2.24) is 4.57 Å². The average molecular weight is 177 g/mol. The number of nitrogens with zero attached hydrogens (tertiary/aromatic N) is 2. The normalized spacial score (nSPS) is 9.62. The molecule has 4 nitrogen and oxygen atoms in total. The molecule has 0 atom stereocenters. The van der Waals surface area contributed by atoms with Crippen LogP contribution in [0, 0.1) is 18.3 Å². The molecule has 0 fully saturated rings. The molecule has 1 aromatic rings. The van der Waals surface area contributed by atoms with Crippen LogP contribution in [0.5, 0.6) is 0 Å². The number of nitrogens with two attached hydrogens (primary N) is 1. The highest BCUT2D eigenvalue weighted by atomic mass is 16.1. The van der Waals surface area contributed by atoms with Crippen LogP contribution in [0.4, 0.5) is 0 Å². The zero-order valence-electron chi connectivity index (χ0n) is 7.45. The maximum Gasteiger partial charge on any atom is 0.250 e. The van der Waals surface area contributed by atoms with E-state index in [0.717, 1.165) is 0 Å². The molecule has 13 heavy (non-hydrogen) atoms. The Morgan fingerprint density at radius 2 is 2.31 bits per heavy atom. The number of nitriles is 1. The molecule has 1 rings (SSSR count). The van der Waals surface area contributed by atoms with E-state index in [-0.39, 0.29) is 5.56 Å². The van der Waals surface area contributed by atoms with Crippen molar-refractivity contribution in [1.29, 1.82) is 5.26 Å². The standard InChI is InChI=1S/C9H11N3O/c1-7-8(6-11)2-3-9(13)12(7)5-4-10/h2-3H,4-5,10H2,1H3. The van der Waals surface area contributed by atoms with Gasteiger partial charge in [0.1, 0.15) is 6.07 Å². The van der Waals surface area contributed by atoms with Gasteiger partial charge in [0, 0.05) is 24.8 Å². The largest absolute Gasteiger partial charge is 0.329 e. The van der Waals surface area contributed by atoms with Crippen molar-refractivity contribution in [2.24, 2.45) is 5.73 Å². The summed E-state index contributed by atoms with van der Waals surface area (Å²) >= 11 is 0. The van der Waals surface area contributed by atoms with Crippen LogP contribution in [0.25, 0.3) is 0 Å². The Labute approximate surface area is 76.2 Å². The Bertz CT molecular complexity index is 400.